The van der Waals surface area contributed by atoms with E-state index in [0.29, 0.717) is 0 Å². The number of benzene rings is 1. The summed E-state index contributed by atoms with van der Waals surface area (Å²) in [6.45, 7) is 0. The highest BCUT2D eigenvalue weighted by atomic mass is 19.4. The molecule has 0 amide bonds. The normalized spacial score (nSPS) is 15.8. The summed E-state index contributed by atoms with van der Waals surface area (Å²) in [7, 11) is 0. The van der Waals surface area contributed by atoms with Crippen molar-refractivity contribution < 1.29 is 31.4 Å². The van der Waals surface area contributed by atoms with Crippen molar-refractivity contribution in [1.29, 1.82) is 0 Å². The third-order valence-corrected chi connectivity index (χ3v) is 2.46. The quantitative estimate of drug-likeness (QED) is 0.832. The van der Waals surface area contributed by atoms with Crippen LogP contribution in [0.15, 0.2) is 24.3 Å². The number of hydrogen-bond donors (Lipinski definition) is 1. The van der Waals surface area contributed by atoms with Gasteiger partial charge >= 0.3 is 6.18 Å². The predicted octanol–water partition coefficient (Wildman–Crippen LogP) is 3.49. The molecule has 0 unspecified atom stereocenters. The molecule has 1 aromatic rings. The van der Waals surface area contributed by atoms with E-state index in [2.05, 4.69) is 0 Å². The van der Waals surface area contributed by atoms with Crippen LogP contribution in [0.3, 0.4) is 0 Å². The van der Waals surface area contributed by atoms with Crippen LogP contribution in [0.1, 0.15) is 17.9 Å². The molecule has 1 rings (SSSR count). The molecule has 0 saturated heterocycles. The Kier molecular flexibility index (Phi) is 4.61. The van der Waals surface area contributed by atoms with Gasteiger partial charge in [0.1, 0.15) is 5.82 Å². The van der Waals surface area contributed by atoms with E-state index in [9.17, 15) is 26.3 Å². The van der Waals surface area contributed by atoms with E-state index in [1.807, 2.05) is 0 Å². The van der Waals surface area contributed by atoms with Crippen LogP contribution in [0, 0.1) is 5.82 Å². The summed E-state index contributed by atoms with van der Waals surface area (Å²) in [6, 6.07) is 4.34. The molecule has 0 fully saturated rings. The molecule has 1 aromatic carbocycles. The molecule has 0 aliphatic carbocycles. The lowest BCUT2D eigenvalue weighted by Crippen LogP contribution is -2.32. The van der Waals surface area contributed by atoms with Gasteiger partial charge in [-0.15, -0.1) is 0 Å². The third kappa shape index (κ3) is 3.63. The van der Waals surface area contributed by atoms with Crippen molar-refractivity contribution in [3.8, 4) is 0 Å². The average Bonchev–Trinajstić information content (AvgIpc) is 2.25. The molecule has 7 heteroatoms. The van der Waals surface area contributed by atoms with E-state index in [-0.39, 0.29) is 0 Å². The minimum atomic E-state index is -5.00. The molecular formula is C11H10F6O. The highest BCUT2D eigenvalue weighted by molar-refractivity contribution is 5.22. The SMILES string of the molecule is O[C@@H](C[C@H](c1ccccc1F)C(F)F)C(F)(F)F. The fraction of sp³-hybridized carbons (Fsp3) is 0.455. The molecule has 18 heavy (non-hydrogen) atoms. The van der Waals surface area contributed by atoms with Gasteiger partial charge in [0.2, 0.25) is 6.43 Å². The van der Waals surface area contributed by atoms with Crippen molar-refractivity contribution in [2.45, 2.75) is 31.0 Å². The molecule has 102 valence electrons. The molecule has 0 radical (unpaired) electrons. The maximum absolute atomic E-state index is 13.3. The Morgan fingerprint density at radius 2 is 1.67 bits per heavy atom. The molecule has 0 bridgehead atoms. The van der Waals surface area contributed by atoms with Crippen LogP contribution in [0.5, 0.6) is 0 Å². The van der Waals surface area contributed by atoms with Gasteiger partial charge in [-0.2, -0.15) is 13.2 Å². The highest BCUT2D eigenvalue weighted by Crippen LogP contribution is 2.34. The van der Waals surface area contributed by atoms with Gasteiger partial charge in [0.15, 0.2) is 6.10 Å². The first-order valence-corrected chi connectivity index (χ1v) is 5.01. The van der Waals surface area contributed by atoms with E-state index in [4.69, 9.17) is 5.11 Å². The molecule has 0 spiro atoms. The van der Waals surface area contributed by atoms with Crippen LogP contribution in [0.2, 0.25) is 0 Å². The molecule has 0 aliphatic heterocycles. The van der Waals surface area contributed by atoms with Crippen molar-refractivity contribution in [2.75, 3.05) is 0 Å². The molecule has 1 nitrogen and oxygen atoms in total. The van der Waals surface area contributed by atoms with Gasteiger partial charge in [-0.3, -0.25) is 0 Å². The monoisotopic (exact) mass is 272 g/mol. The standard InChI is InChI=1S/C11H10F6O/c12-8-4-2-1-3-6(8)7(10(13)14)5-9(18)11(15,16)17/h1-4,7,9-10,18H,5H2/t7-,9+/m1/s1. The lowest BCUT2D eigenvalue weighted by molar-refractivity contribution is -0.208. The third-order valence-electron chi connectivity index (χ3n) is 2.46. The fourth-order valence-electron chi connectivity index (χ4n) is 1.52. The summed E-state index contributed by atoms with van der Waals surface area (Å²) < 4.78 is 74.9. The molecule has 0 aromatic heterocycles. The summed E-state index contributed by atoms with van der Waals surface area (Å²) in [5.41, 5.74) is -0.532. The topological polar surface area (TPSA) is 20.2 Å². The molecule has 0 aliphatic rings. The Labute approximate surface area is 99.0 Å². The van der Waals surface area contributed by atoms with Crippen LogP contribution in [-0.4, -0.2) is 23.8 Å². The molecule has 2 atom stereocenters. The Morgan fingerprint density at radius 1 is 1.11 bits per heavy atom. The second-order valence-corrected chi connectivity index (χ2v) is 3.76. The van der Waals surface area contributed by atoms with E-state index in [1.165, 1.54) is 12.1 Å². The molecule has 0 heterocycles. The smallest absolute Gasteiger partial charge is 0.384 e. The fourth-order valence-corrected chi connectivity index (χ4v) is 1.52. The maximum atomic E-state index is 13.3. The van der Waals surface area contributed by atoms with Crippen molar-refractivity contribution in [1.82, 2.24) is 0 Å². The van der Waals surface area contributed by atoms with Gasteiger partial charge in [-0.25, -0.2) is 13.2 Å². The first-order valence-electron chi connectivity index (χ1n) is 5.01. The second-order valence-electron chi connectivity index (χ2n) is 3.76. The summed E-state index contributed by atoms with van der Waals surface area (Å²) in [5, 5.41) is 8.78. The van der Waals surface area contributed by atoms with E-state index < -0.39 is 42.4 Å². The molecular weight excluding hydrogens is 262 g/mol. The summed E-state index contributed by atoms with van der Waals surface area (Å²) in [6.07, 6.45) is -12.4. The lowest BCUT2D eigenvalue weighted by atomic mass is 9.93. The zero-order valence-corrected chi connectivity index (χ0v) is 8.96. The largest absolute Gasteiger partial charge is 0.414 e. The zero-order valence-electron chi connectivity index (χ0n) is 8.96. The van der Waals surface area contributed by atoms with Crippen LogP contribution >= 0.6 is 0 Å². The number of halogens is 6. The number of rotatable bonds is 4. The summed E-state index contributed by atoms with van der Waals surface area (Å²) in [4.78, 5) is 0. The van der Waals surface area contributed by atoms with Gasteiger partial charge < -0.3 is 5.11 Å². The van der Waals surface area contributed by atoms with Crippen molar-refractivity contribution in [3.05, 3.63) is 35.6 Å². The number of hydrogen-bond acceptors (Lipinski definition) is 1. The maximum Gasteiger partial charge on any atom is 0.414 e. The number of aliphatic hydroxyl groups excluding tert-OH is 1. The second kappa shape index (κ2) is 5.60. The Morgan fingerprint density at radius 3 is 2.11 bits per heavy atom. The Hall–Kier alpha value is -1.24. The Balaban J connectivity index is 2.95. The molecule has 0 saturated carbocycles. The number of aliphatic hydroxyl groups is 1. The first kappa shape index (κ1) is 14.8. The van der Waals surface area contributed by atoms with Gasteiger partial charge in [0.05, 0.1) is 5.92 Å². The Bertz CT molecular complexity index is 389. The van der Waals surface area contributed by atoms with Crippen molar-refractivity contribution >= 4 is 0 Å². The highest BCUT2D eigenvalue weighted by Gasteiger charge is 2.41. The summed E-state index contributed by atoms with van der Waals surface area (Å²) in [5.74, 6) is -3.01. The van der Waals surface area contributed by atoms with Gasteiger partial charge in [0, 0.05) is 0 Å². The molecule has 1 N–H and O–H groups in total. The van der Waals surface area contributed by atoms with Gasteiger partial charge in [0.25, 0.3) is 0 Å². The van der Waals surface area contributed by atoms with E-state index >= 15 is 0 Å². The zero-order chi connectivity index (χ0) is 13.9. The van der Waals surface area contributed by atoms with Gasteiger partial charge in [-0.05, 0) is 18.1 Å². The predicted molar refractivity (Wildman–Crippen MR) is 51.8 cm³/mol. The summed E-state index contributed by atoms with van der Waals surface area (Å²) >= 11 is 0. The van der Waals surface area contributed by atoms with Crippen LogP contribution in [0.4, 0.5) is 26.3 Å². The average molecular weight is 272 g/mol. The van der Waals surface area contributed by atoms with Crippen LogP contribution < -0.4 is 0 Å². The minimum absolute atomic E-state index is 0.532. The lowest BCUT2D eigenvalue weighted by Gasteiger charge is -2.22. The minimum Gasteiger partial charge on any atom is -0.384 e. The van der Waals surface area contributed by atoms with E-state index in [1.54, 1.807) is 0 Å². The van der Waals surface area contributed by atoms with Crippen LogP contribution in [-0.2, 0) is 0 Å². The van der Waals surface area contributed by atoms with Crippen molar-refractivity contribution in [3.63, 3.8) is 0 Å². The van der Waals surface area contributed by atoms with Gasteiger partial charge in [-0.1, -0.05) is 18.2 Å². The first-order chi connectivity index (χ1) is 8.23. The van der Waals surface area contributed by atoms with Crippen molar-refractivity contribution in [2.24, 2.45) is 0 Å². The van der Waals surface area contributed by atoms with E-state index in [0.717, 1.165) is 12.1 Å². The van der Waals surface area contributed by atoms with Crippen LogP contribution in [0.25, 0.3) is 0 Å². The number of alkyl halides is 5.